The molecule has 2 aromatic carbocycles. The van der Waals surface area contributed by atoms with Gasteiger partial charge in [0.05, 0.1) is 6.54 Å². The highest BCUT2D eigenvalue weighted by Gasteiger charge is 2.25. The van der Waals surface area contributed by atoms with Gasteiger partial charge in [-0.25, -0.2) is 9.18 Å². The van der Waals surface area contributed by atoms with E-state index in [1.165, 1.54) is 17.0 Å². The summed E-state index contributed by atoms with van der Waals surface area (Å²) in [4.78, 5) is 13.4. The summed E-state index contributed by atoms with van der Waals surface area (Å²) in [7, 11) is 0. The molecule has 1 aliphatic rings. The zero-order chi connectivity index (χ0) is 20.4. The van der Waals surface area contributed by atoms with E-state index in [1.54, 1.807) is 6.07 Å². The van der Waals surface area contributed by atoms with Crippen LogP contribution in [0, 0.1) is 12.7 Å². The molecule has 0 amide bonds. The molecule has 3 aromatic rings. The number of quaternary nitrogens is 1. The fourth-order valence-corrected chi connectivity index (χ4v) is 4.11. The van der Waals surface area contributed by atoms with Gasteiger partial charge >= 0.3 is 5.63 Å². The number of aryl methyl sites for hydroxylation is 2. The first-order chi connectivity index (χ1) is 14.0. The number of halogens is 1. The minimum Gasteiger partial charge on any atom is -0.444 e. The second kappa shape index (κ2) is 8.37. The summed E-state index contributed by atoms with van der Waals surface area (Å²) in [6.45, 7) is 6.46. The highest BCUT2D eigenvalue weighted by atomic mass is 19.1. The Balaban J connectivity index is 1.59. The van der Waals surface area contributed by atoms with Crippen LogP contribution in [0.1, 0.15) is 42.0 Å². The average Bonchev–Trinajstić information content (AvgIpc) is 2.72. The van der Waals surface area contributed by atoms with Crippen molar-refractivity contribution in [1.29, 1.82) is 0 Å². The van der Waals surface area contributed by atoms with Crippen LogP contribution in [0.15, 0.2) is 45.6 Å². The second-order valence-corrected chi connectivity index (χ2v) is 7.90. The Morgan fingerprint density at radius 2 is 1.93 bits per heavy atom. The molecule has 29 heavy (non-hydrogen) atoms. The second-order valence-electron chi connectivity index (χ2n) is 7.90. The van der Waals surface area contributed by atoms with Crippen molar-refractivity contribution in [2.24, 2.45) is 0 Å². The van der Waals surface area contributed by atoms with Gasteiger partial charge in [-0.3, -0.25) is 4.90 Å². The van der Waals surface area contributed by atoms with Crippen molar-refractivity contribution in [2.75, 3.05) is 13.3 Å². The SMILES string of the molecule is CCCCc1cc(=O)oc2c(C)c3c(cc12)C[NH+](CCc1ccc(F)cc1)CO3. The first-order valence-corrected chi connectivity index (χ1v) is 10.3. The van der Waals surface area contributed by atoms with E-state index in [4.69, 9.17) is 9.15 Å². The lowest BCUT2D eigenvalue weighted by molar-refractivity contribution is -0.932. The van der Waals surface area contributed by atoms with Gasteiger partial charge in [0.25, 0.3) is 0 Å². The van der Waals surface area contributed by atoms with Crippen molar-refractivity contribution in [2.45, 2.75) is 46.1 Å². The third-order valence-corrected chi connectivity index (χ3v) is 5.72. The molecule has 0 bridgehead atoms. The van der Waals surface area contributed by atoms with Gasteiger partial charge in [0.1, 0.15) is 23.7 Å². The molecule has 1 aromatic heterocycles. The zero-order valence-corrected chi connectivity index (χ0v) is 17.0. The zero-order valence-electron chi connectivity index (χ0n) is 17.0. The molecule has 1 atom stereocenters. The summed E-state index contributed by atoms with van der Waals surface area (Å²) in [6.07, 6.45) is 3.87. The van der Waals surface area contributed by atoms with Crippen molar-refractivity contribution in [3.63, 3.8) is 0 Å². The van der Waals surface area contributed by atoms with Crippen LogP contribution in [-0.4, -0.2) is 13.3 Å². The average molecular weight is 396 g/mol. The quantitative estimate of drug-likeness (QED) is 0.648. The first kappa shape index (κ1) is 19.6. The van der Waals surface area contributed by atoms with E-state index in [9.17, 15) is 9.18 Å². The molecular weight excluding hydrogens is 369 g/mol. The van der Waals surface area contributed by atoms with E-state index in [2.05, 4.69) is 13.0 Å². The maximum Gasteiger partial charge on any atom is 0.336 e. The maximum absolute atomic E-state index is 13.1. The normalized spacial score (nSPS) is 15.9. The van der Waals surface area contributed by atoms with E-state index in [0.717, 1.165) is 72.2 Å². The molecule has 2 heterocycles. The Labute approximate surface area is 169 Å². The summed E-state index contributed by atoms with van der Waals surface area (Å²) in [5, 5.41) is 1.03. The van der Waals surface area contributed by atoms with Gasteiger partial charge in [0.2, 0.25) is 6.73 Å². The highest BCUT2D eigenvalue weighted by molar-refractivity contribution is 5.86. The van der Waals surface area contributed by atoms with E-state index in [0.29, 0.717) is 12.3 Å². The van der Waals surface area contributed by atoms with Crippen LogP contribution in [0.4, 0.5) is 4.39 Å². The Kier molecular flexibility index (Phi) is 5.67. The molecule has 1 unspecified atom stereocenters. The van der Waals surface area contributed by atoms with E-state index in [-0.39, 0.29) is 11.4 Å². The molecule has 0 radical (unpaired) electrons. The lowest BCUT2D eigenvalue weighted by atomic mass is 9.98. The van der Waals surface area contributed by atoms with Crippen molar-refractivity contribution < 1.29 is 18.4 Å². The van der Waals surface area contributed by atoms with Crippen LogP contribution in [0.2, 0.25) is 0 Å². The predicted molar refractivity (Wildman–Crippen MR) is 111 cm³/mol. The largest absolute Gasteiger partial charge is 0.444 e. The Morgan fingerprint density at radius 1 is 1.14 bits per heavy atom. The third-order valence-electron chi connectivity index (χ3n) is 5.72. The molecule has 5 heteroatoms. The molecular formula is C24H27FNO3+. The standard InChI is InChI=1S/C24H26FNO3/c1-3-4-5-18-13-22(27)29-24-16(2)23-19(12-21(18)24)14-26(15-28-23)11-10-17-6-8-20(25)9-7-17/h6-9,12-13H,3-5,10-11,14-15H2,1-2H3/p+1. The molecule has 0 saturated carbocycles. The third kappa shape index (κ3) is 4.20. The molecule has 0 saturated heterocycles. The fourth-order valence-electron chi connectivity index (χ4n) is 4.11. The molecule has 4 rings (SSSR count). The highest BCUT2D eigenvalue weighted by Crippen LogP contribution is 2.33. The Hall–Kier alpha value is -2.66. The van der Waals surface area contributed by atoms with Crippen molar-refractivity contribution in [1.82, 2.24) is 0 Å². The number of rotatable bonds is 6. The van der Waals surface area contributed by atoms with Gasteiger partial charge in [0, 0.05) is 29.0 Å². The van der Waals surface area contributed by atoms with Crippen molar-refractivity contribution in [3.8, 4) is 5.75 Å². The lowest BCUT2D eigenvalue weighted by Crippen LogP contribution is -3.12. The molecule has 152 valence electrons. The number of fused-ring (bicyclic) bond motifs is 2. The summed E-state index contributed by atoms with van der Waals surface area (Å²) in [6, 6.07) is 10.5. The molecule has 4 nitrogen and oxygen atoms in total. The van der Waals surface area contributed by atoms with Gasteiger partial charge in [0.15, 0.2) is 0 Å². The summed E-state index contributed by atoms with van der Waals surface area (Å²) >= 11 is 0. The van der Waals surface area contributed by atoms with Crippen LogP contribution in [0.3, 0.4) is 0 Å². The fraction of sp³-hybridized carbons (Fsp3) is 0.375. The van der Waals surface area contributed by atoms with Gasteiger partial charge in [-0.1, -0.05) is 25.5 Å². The topological polar surface area (TPSA) is 43.9 Å². The van der Waals surface area contributed by atoms with Gasteiger partial charge < -0.3 is 9.15 Å². The van der Waals surface area contributed by atoms with Gasteiger partial charge in [-0.05, 0) is 49.1 Å². The number of hydrogen-bond acceptors (Lipinski definition) is 3. The van der Waals surface area contributed by atoms with E-state index >= 15 is 0 Å². The molecule has 0 spiro atoms. The molecule has 1 aliphatic heterocycles. The van der Waals surface area contributed by atoms with Crippen molar-refractivity contribution >= 4 is 11.0 Å². The maximum atomic E-state index is 13.1. The lowest BCUT2D eigenvalue weighted by Gasteiger charge is -2.27. The monoisotopic (exact) mass is 396 g/mol. The Morgan fingerprint density at radius 3 is 2.69 bits per heavy atom. The molecule has 0 fully saturated rings. The number of ether oxygens (including phenoxy) is 1. The number of unbranched alkanes of at least 4 members (excludes halogenated alkanes) is 1. The van der Waals surface area contributed by atoms with Crippen LogP contribution < -0.4 is 15.3 Å². The summed E-state index contributed by atoms with van der Waals surface area (Å²) in [5.41, 5.74) is 4.60. The number of nitrogens with one attached hydrogen (secondary N) is 1. The molecule has 1 N–H and O–H groups in total. The van der Waals surface area contributed by atoms with E-state index < -0.39 is 0 Å². The summed E-state index contributed by atoms with van der Waals surface area (Å²) in [5.74, 6) is 0.642. The van der Waals surface area contributed by atoms with Gasteiger partial charge in [-0.15, -0.1) is 0 Å². The first-order valence-electron chi connectivity index (χ1n) is 10.3. The van der Waals surface area contributed by atoms with Crippen LogP contribution >= 0.6 is 0 Å². The Bertz CT molecular complexity index is 1070. The number of benzene rings is 2. The van der Waals surface area contributed by atoms with Gasteiger partial charge in [-0.2, -0.15) is 0 Å². The van der Waals surface area contributed by atoms with Crippen LogP contribution in [0.5, 0.6) is 5.75 Å². The van der Waals surface area contributed by atoms with Crippen LogP contribution in [-0.2, 0) is 19.4 Å². The minimum atomic E-state index is -0.297. The number of hydrogen-bond donors (Lipinski definition) is 1. The van der Waals surface area contributed by atoms with Crippen molar-refractivity contribution in [3.05, 3.63) is 74.9 Å². The smallest absolute Gasteiger partial charge is 0.336 e. The molecule has 0 aliphatic carbocycles. The van der Waals surface area contributed by atoms with Crippen LogP contribution in [0.25, 0.3) is 11.0 Å². The van der Waals surface area contributed by atoms with E-state index in [1.807, 2.05) is 19.1 Å². The summed E-state index contributed by atoms with van der Waals surface area (Å²) < 4.78 is 24.7. The predicted octanol–water partition coefficient (Wildman–Crippen LogP) is 3.56. The minimum absolute atomic E-state index is 0.204.